The fraction of sp³-hybridized carbons (Fsp3) is 0.130. The molecule has 0 spiro atoms. The van der Waals surface area contributed by atoms with Crippen molar-refractivity contribution in [3.63, 3.8) is 0 Å². The largest absolute Gasteiger partial charge is 0.463 e. The maximum Gasteiger partial charge on any atom is 0.336 e. The molecule has 28 heavy (non-hydrogen) atoms. The Morgan fingerprint density at radius 3 is 2.39 bits per heavy atom. The van der Waals surface area contributed by atoms with Crippen LogP contribution in [0.25, 0.3) is 34.1 Å². The summed E-state index contributed by atoms with van der Waals surface area (Å²) in [6, 6.07) is 8.70. The lowest BCUT2D eigenvalue weighted by molar-refractivity contribution is 0.558. The lowest BCUT2D eigenvalue weighted by Crippen LogP contribution is -2.05. The SMILES string of the molecule is Cc1cc(C)c2oc(=O)cc(/C=C/c3coc4cc(C)c(Cl)cc4c3=O)c2c1. The van der Waals surface area contributed by atoms with Gasteiger partial charge in [-0.05, 0) is 67.3 Å². The van der Waals surface area contributed by atoms with Crippen LogP contribution in [0.5, 0.6) is 0 Å². The standard InChI is InChI=1S/C23H17ClO4/c1-12-6-14(3)23-17(7-12)15(9-21(25)28-23)4-5-16-11-27-20-8-13(2)19(24)10-18(20)22(16)26/h4-11H,1-3H3/b5-4+. The van der Waals surface area contributed by atoms with Crippen molar-refractivity contribution in [3.8, 4) is 0 Å². The van der Waals surface area contributed by atoms with Crippen molar-refractivity contribution in [1.82, 2.24) is 0 Å². The molecule has 0 aliphatic heterocycles. The molecular weight excluding hydrogens is 376 g/mol. The van der Waals surface area contributed by atoms with Gasteiger partial charge in [-0.15, -0.1) is 0 Å². The Balaban J connectivity index is 1.88. The van der Waals surface area contributed by atoms with Crippen LogP contribution >= 0.6 is 11.6 Å². The Morgan fingerprint density at radius 1 is 0.857 bits per heavy atom. The number of halogens is 1. The van der Waals surface area contributed by atoms with Crippen LogP contribution in [0.1, 0.15) is 27.8 Å². The van der Waals surface area contributed by atoms with Gasteiger partial charge in [-0.1, -0.05) is 23.7 Å². The zero-order chi connectivity index (χ0) is 20.0. The number of fused-ring (bicyclic) bond motifs is 2. The summed E-state index contributed by atoms with van der Waals surface area (Å²) in [6.45, 7) is 5.73. The number of rotatable bonds is 2. The van der Waals surface area contributed by atoms with E-state index in [1.54, 1.807) is 24.3 Å². The van der Waals surface area contributed by atoms with Gasteiger partial charge in [-0.25, -0.2) is 4.79 Å². The van der Waals surface area contributed by atoms with Crippen LogP contribution in [-0.2, 0) is 0 Å². The van der Waals surface area contributed by atoms with Gasteiger partial charge >= 0.3 is 5.63 Å². The minimum absolute atomic E-state index is 0.181. The second kappa shape index (κ2) is 6.80. The van der Waals surface area contributed by atoms with Crippen molar-refractivity contribution in [2.24, 2.45) is 0 Å². The fourth-order valence-corrected chi connectivity index (χ4v) is 3.50. The number of benzene rings is 2. The number of aryl methyl sites for hydroxylation is 3. The minimum Gasteiger partial charge on any atom is -0.463 e. The highest BCUT2D eigenvalue weighted by atomic mass is 35.5. The maximum atomic E-state index is 12.8. The summed E-state index contributed by atoms with van der Waals surface area (Å²) < 4.78 is 11.0. The van der Waals surface area contributed by atoms with Crippen LogP contribution in [-0.4, -0.2) is 0 Å². The van der Waals surface area contributed by atoms with Gasteiger partial charge in [0, 0.05) is 16.5 Å². The van der Waals surface area contributed by atoms with E-state index in [0.29, 0.717) is 32.7 Å². The molecule has 4 rings (SSSR count). The Kier molecular flexibility index (Phi) is 4.44. The van der Waals surface area contributed by atoms with Gasteiger partial charge in [0.15, 0.2) is 5.43 Å². The Labute approximate surface area is 165 Å². The summed E-state index contributed by atoms with van der Waals surface area (Å²) in [5.74, 6) is 0. The molecule has 140 valence electrons. The predicted molar refractivity (Wildman–Crippen MR) is 113 cm³/mol. The van der Waals surface area contributed by atoms with Crippen molar-refractivity contribution in [2.45, 2.75) is 20.8 Å². The van der Waals surface area contributed by atoms with Crippen LogP contribution in [0.15, 0.2) is 55.0 Å². The van der Waals surface area contributed by atoms with E-state index in [-0.39, 0.29) is 5.43 Å². The van der Waals surface area contributed by atoms with Crippen LogP contribution in [0, 0.1) is 20.8 Å². The minimum atomic E-state index is -0.438. The van der Waals surface area contributed by atoms with E-state index < -0.39 is 5.63 Å². The summed E-state index contributed by atoms with van der Waals surface area (Å²) in [6.07, 6.45) is 4.79. The summed E-state index contributed by atoms with van der Waals surface area (Å²) in [5, 5.41) is 1.75. The van der Waals surface area contributed by atoms with E-state index in [0.717, 1.165) is 22.1 Å². The Hall–Kier alpha value is -3.11. The highest BCUT2D eigenvalue weighted by Crippen LogP contribution is 2.25. The molecule has 2 aromatic heterocycles. The maximum absolute atomic E-state index is 12.8. The Bertz CT molecular complexity index is 1390. The number of hydrogen-bond donors (Lipinski definition) is 0. The molecule has 0 aliphatic rings. The topological polar surface area (TPSA) is 60.4 Å². The molecule has 0 amide bonds. The second-order valence-corrected chi connectivity index (χ2v) is 7.34. The van der Waals surface area contributed by atoms with Gasteiger partial charge in [-0.2, -0.15) is 0 Å². The van der Waals surface area contributed by atoms with Gasteiger partial charge in [0.1, 0.15) is 17.4 Å². The van der Waals surface area contributed by atoms with E-state index >= 15 is 0 Å². The third-order valence-corrected chi connectivity index (χ3v) is 5.14. The average Bonchev–Trinajstić information content (AvgIpc) is 2.63. The van der Waals surface area contributed by atoms with Crippen LogP contribution in [0.4, 0.5) is 0 Å². The first-order chi connectivity index (χ1) is 13.3. The van der Waals surface area contributed by atoms with Gasteiger partial charge in [-0.3, -0.25) is 4.79 Å². The molecule has 0 atom stereocenters. The molecule has 0 bridgehead atoms. The molecule has 5 heteroatoms. The van der Waals surface area contributed by atoms with Crippen molar-refractivity contribution in [2.75, 3.05) is 0 Å². The van der Waals surface area contributed by atoms with Gasteiger partial charge in [0.05, 0.1) is 10.9 Å². The zero-order valence-electron chi connectivity index (χ0n) is 15.6. The summed E-state index contributed by atoms with van der Waals surface area (Å²) >= 11 is 6.15. The van der Waals surface area contributed by atoms with Crippen LogP contribution < -0.4 is 11.1 Å². The monoisotopic (exact) mass is 392 g/mol. The molecule has 0 unspecified atom stereocenters. The smallest absolute Gasteiger partial charge is 0.336 e. The molecule has 0 fully saturated rings. The van der Waals surface area contributed by atoms with Crippen molar-refractivity contribution in [3.05, 3.63) is 90.1 Å². The quantitative estimate of drug-likeness (QED) is 0.413. The number of hydrogen-bond acceptors (Lipinski definition) is 4. The average molecular weight is 393 g/mol. The van der Waals surface area contributed by atoms with Crippen molar-refractivity contribution < 1.29 is 8.83 Å². The molecule has 0 saturated heterocycles. The van der Waals surface area contributed by atoms with E-state index in [4.69, 9.17) is 20.4 Å². The molecule has 4 nitrogen and oxygen atoms in total. The van der Waals surface area contributed by atoms with Crippen molar-refractivity contribution >= 4 is 45.7 Å². The second-order valence-electron chi connectivity index (χ2n) is 6.93. The van der Waals surface area contributed by atoms with Crippen LogP contribution in [0.3, 0.4) is 0 Å². The summed E-state index contributed by atoms with van der Waals surface area (Å²) in [5.41, 5.74) is 4.26. The van der Waals surface area contributed by atoms with Crippen LogP contribution in [0.2, 0.25) is 5.02 Å². The lowest BCUT2D eigenvalue weighted by Gasteiger charge is -2.06. The molecule has 0 aliphatic carbocycles. The first kappa shape index (κ1) is 18.3. The summed E-state index contributed by atoms with van der Waals surface area (Å²) in [4.78, 5) is 24.8. The van der Waals surface area contributed by atoms with Gasteiger partial charge < -0.3 is 8.83 Å². The molecule has 0 saturated carbocycles. The molecule has 0 radical (unpaired) electrons. The van der Waals surface area contributed by atoms with E-state index in [1.807, 2.05) is 32.9 Å². The zero-order valence-corrected chi connectivity index (χ0v) is 16.4. The molecule has 2 aromatic carbocycles. The third-order valence-electron chi connectivity index (χ3n) is 4.73. The summed E-state index contributed by atoms with van der Waals surface area (Å²) in [7, 11) is 0. The van der Waals surface area contributed by atoms with E-state index in [1.165, 1.54) is 12.3 Å². The van der Waals surface area contributed by atoms with E-state index in [9.17, 15) is 9.59 Å². The first-order valence-electron chi connectivity index (χ1n) is 8.78. The normalized spacial score (nSPS) is 11.7. The fourth-order valence-electron chi connectivity index (χ4n) is 3.34. The predicted octanol–water partition coefficient (Wildman–Crippen LogP) is 5.65. The Morgan fingerprint density at radius 2 is 1.61 bits per heavy atom. The van der Waals surface area contributed by atoms with Gasteiger partial charge in [0.25, 0.3) is 0 Å². The van der Waals surface area contributed by atoms with E-state index in [2.05, 4.69) is 0 Å². The third kappa shape index (κ3) is 3.16. The lowest BCUT2D eigenvalue weighted by atomic mass is 10.0. The molecule has 4 aromatic rings. The van der Waals surface area contributed by atoms with Gasteiger partial charge in [0.2, 0.25) is 0 Å². The highest BCUT2D eigenvalue weighted by Gasteiger charge is 2.10. The highest BCUT2D eigenvalue weighted by molar-refractivity contribution is 6.32. The molecular formula is C23H17ClO4. The molecule has 0 N–H and O–H groups in total. The van der Waals surface area contributed by atoms with Crippen molar-refractivity contribution in [1.29, 1.82) is 0 Å². The molecule has 2 heterocycles. The first-order valence-corrected chi connectivity index (χ1v) is 9.16.